The van der Waals surface area contributed by atoms with E-state index in [9.17, 15) is 19.8 Å². The van der Waals surface area contributed by atoms with E-state index in [0.29, 0.717) is 21.3 Å². The van der Waals surface area contributed by atoms with Gasteiger partial charge in [0.2, 0.25) is 0 Å². The van der Waals surface area contributed by atoms with Crippen LogP contribution >= 0.6 is 21.6 Å². The summed E-state index contributed by atoms with van der Waals surface area (Å²) in [5, 5.41) is 18.6. The van der Waals surface area contributed by atoms with Gasteiger partial charge in [-0.15, -0.1) is 0 Å². The highest BCUT2D eigenvalue weighted by Gasteiger charge is 2.16. The van der Waals surface area contributed by atoms with Crippen LogP contribution in [-0.4, -0.2) is 36.4 Å². The van der Waals surface area contributed by atoms with Crippen molar-refractivity contribution in [2.45, 2.75) is 9.79 Å². The molecule has 24 heavy (non-hydrogen) atoms. The van der Waals surface area contributed by atoms with Crippen LogP contribution in [0, 0.1) is 0 Å². The van der Waals surface area contributed by atoms with Gasteiger partial charge in [-0.25, -0.2) is 9.59 Å². The topological polar surface area (TPSA) is 93.1 Å². The SMILES string of the molecule is COc1ccc(C(=O)O)c(SSc2ccc(OC)cc2C(=O)O)c1. The monoisotopic (exact) mass is 366 g/mol. The molecule has 0 fully saturated rings. The normalized spacial score (nSPS) is 10.2. The van der Waals surface area contributed by atoms with Crippen LogP contribution < -0.4 is 9.47 Å². The maximum atomic E-state index is 11.4. The Morgan fingerprint density at radius 2 is 1.33 bits per heavy atom. The van der Waals surface area contributed by atoms with Crippen molar-refractivity contribution in [2.24, 2.45) is 0 Å². The quantitative estimate of drug-likeness (QED) is 0.713. The molecule has 0 radical (unpaired) electrons. The number of methoxy groups -OCH3 is 2. The molecular formula is C16H14O6S2. The minimum atomic E-state index is -1.08. The Bertz CT molecular complexity index is 775. The maximum absolute atomic E-state index is 11.4. The third-order valence-electron chi connectivity index (χ3n) is 3.06. The van der Waals surface area contributed by atoms with Gasteiger partial charge in [0, 0.05) is 9.79 Å². The molecule has 0 saturated heterocycles. The summed E-state index contributed by atoms with van der Waals surface area (Å²) >= 11 is 0. The smallest absolute Gasteiger partial charge is 0.336 e. The lowest BCUT2D eigenvalue weighted by atomic mass is 10.2. The number of carboxylic acids is 2. The molecule has 0 aromatic heterocycles. The lowest BCUT2D eigenvalue weighted by molar-refractivity contribution is 0.0682. The Morgan fingerprint density at radius 1 is 0.792 bits per heavy atom. The highest BCUT2D eigenvalue weighted by Crippen LogP contribution is 2.42. The van der Waals surface area contributed by atoms with Crippen molar-refractivity contribution in [3.63, 3.8) is 0 Å². The fraction of sp³-hybridized carbons (Fsp3) is 0.125. The van der Waals surface area contributed by atoms with Crippen LogP contribution in [0.1, 0.15) is 20.7 Å². The molecule has 2 rings (SSSR count). The summed E-state index contributed by atoms with van der Waals surface area (Å²) in [6.45, 7) is 0. The lowest BCUT2D eigenvalue weighted by Crippen LogP contribution is -2.00. The summed E-state index contributed by atoms with van der Waals surface area (Å²) in [4.78, 5) is 23.7. The first-order valence-electron chi connectivity index (χ1n) is 6.63. The molecule has 2 N–H and O–H groups in total. The van der Waals surface area contributed by atoms with Gasteiger partial charge in [-0.2, -0.15) is 0 Å². The third kappa shape index (κ3) is 4.15. The number of carbonyl (C=O) groups is 2. The van der Waals surface area contributed by atoms with Gasteiger partial charge in [-0.05, 0) is 36.4 Å². The lowest BCUT2D eigenvalue weighted by Gasteiger charge is -2.10. The number of carboxylic acid groups (broad SMARTS) is 2. The standard InChI is InChI=1S/C16H14O6S2/c1-21-9-4-6-13(12(7-9)16(19)20)23-24-14-8-10(22-2)3-5-11(14)15(17)18/h3-8H,1-2H3,(H,17,18)(H,19,20). The number of rotatable bonds is 7. The predicted octanol–water partition coefficient (Wildman–Crippen LogP) is 3.90. The van der Waals surface area contributed by atoms with Gasteiger partial charge in [0.25, 0.3) is 0 Å². The van der Waals surface area contributed by atoms with E-state index in [1.807, 2.05) is 0 Å². The van der Waals surface area contributed by atoms with Crippen molar-refractivity contribution in [2.75, 3.05) is 14.2 Å². The second kappa shape index (κ2) is 7.98. The van der Waals surface area contributed by atoms with Gasteiger partial charge in [-0.1, -0.05) is 21.6 Å². The Kier molecular flexibility index (Phi) is 5.99. The van der Waals surface area contributed by atoms with Gasteiger partial charge in [0.1, 0.15) is 11.5 Å². The zero-order valence-electron chi connectivity index (χ0n) is 12.8. The highest BCUT2D eigenvalue weighted by atomic mass is 33.1. The maximum Gasteiger partial charge on any atom is 0.336 e. The summed E-state index contributed by atoms with van der Waals surface area (Å²) in [5.41, 5.74) is 0.213. The van der Waals surface area contributed by atoms with Crippen LogP contribution in [-0.2, 0) is 0 Å². The van der Waals surface area contributed by atoms with Gasteiger partial charge in [0.15, 0.2) is 0 Å². The first-order chi connectivity index (χ1) is 11.5. The fourth-order valence-electron chi connectivity index (χ4n) is 1.84. The number of hydrogen-bond acceptors (Lipinski definition) is 6. The number of ether oxygens (including phenoxy) is 2. The number of aromatic carboxylic acids is 2. The van der Waals surface area contributed by atoms with Gasteiger partial charge in [-0.3, -0.25) is 0 Å². The van der Waals surface area contributed by atoms with Crippen molar-refractivity contribution in [1.82, 2.24) is 0 Å². The van der Waals surface area contributed by atoms with E-state index < -0.39 is 11.9 Å². The van der Waals surface area contributed by atoms with Crippen LogP contribution in [0.3, 0.4) is 0 Å². The van der Waals surface area contributed by atoms with E-state index in [4.69, 9.17) is 9.47 Å². The van der Waals surface area contributed by atoms with E-state index in [1.54, 1.807) is 24.3 Å². The minimum Gasteiger partial charge on any atom is -0.497 e. The van der Waals surface area contributed by atoms with Crippen LogP contribution in [0.4, 0.5) is 0 Å². The van der Waals surface area contributed by atoms with E-state index in [1.165, 1.54) is 26.4 Å². The molecule has 0 aliphatic carbocycles. The second-order valence-corrected chi connectivity index (χ2v) is 6.71. The van der Waals surface area contributed by atoms with Gasteiger partial charge >= 0.3 is 11.9 Å². The molecule has 2 aromatic rings. The van der Waals surface area contributed by atoms with Crippen LogP contribution in [0.15, 0.2) is 46.2 Å². The van der Waals surface area contributed by atoms with Gasteiger partial charge in [0.05, 0.1) is 25.3 Å². The third-order valence-corrected chi connectivity index (χ3v) is 5.52. The second-order valence-electron chi connectivity index (χ2n) is 4.50. The van der Waals surface area contributed by atoms with Crippen LogP contribution in [0.5, 0.6) is 11.5 Å². The molecule has 0 aliphatic heterocycles. The van der Waals surface area contributed by atoms with Crippen molar-refractivity contribution < 1.29 is 29.3 Å². The van der Waals surface area contributed by atoms with Gasteiger partial charge < -0.3 is 19.7 Å². The molecule has 0 aliphatic rings. The summed E-state index contributed by atoms with van der Waals surface area (Å²) in [6.07, 6.45) is 0. The molecule has 0 atom stereocenters. The number of benzene rings is 2. The zero-order chi connectivity index (χ0) is 17.7. The summed E-state index contributed by atoms with van der Waals surface area (Å²) < 4.78 is 10.1. The molecule has 6 nitrogen and oxygen atoms in total. The van der Waals surface area contributed by atoms with Crippen molar-refractivity contribution in [3.8, 4) is 11.5 Å². The van der Waals surface area contributed by atoms with Crippen LogP contribution in [0.25, 0.3) is 0 Å². The summed E-state index contributed by atoms with van der Waals surface area (Å²) in [6, 6.07) is 9.32. The summed E-state index contributed by atoms with van der Waals surface area (Å²) in [7, 11) is 5.26. The predicted molar refractivity (Wildman–Crippen MR) is 91.6 cm³/mol. The Morgan fingerprint density at radius 3 is 1.92 bits per heavy atom. The van der Waals surface area contributed by atoms with E-state index >= 15 is 0 Å². The molecule has 0 spiro atoms. The zero-order valence-corrected chi connectivity index (χ0v) is 14.4. The first kappa shape index (κ1) is 18.0. The fourth-order valence-corrected chi connectivity index (χ4v) is 4.18. The molecule has 0 heterocycles. The molecule has 0 unspecified atom stereocenters. The Hall–Kier alpha value is -2.32. The van der Waals surface area contributed by atoms with Crippen LogP contribution in [0.2, 0.25) is 0 Å². The average molecular weight is 366 g/mol. The first-order valence-corrected chi connectivity index (χ1v) is 8.78. The largest absolute Gasteiger partial charge is 0.497 e. The Labute approximate surface area is 146 Å². The molecule has 0 amide bonds. The Balaban J connectivity index is 2.31. The number of hydrogen-bond donors (Lipinski definition) is 2. The van der Waals surface area contributed by atoms with E-state index in [2.05, 4.69) is 0 Å². The molecule has 0 saturated carbocycles. The molecule has 8 heteroatoms. The minimum absolute atomic E-state index is 0.0895. The average Bonchev–Trinajstić information content (AvgIpc) is 2.59. The van der Waals surface area contributed by atoms with E-state index in [-0.39, 0.29) is 11.1 Å². The van der Waals surface area contributed by atoms with Crippen molar-refractivity contribution in [1.29, 1.82) is 0 Å². The molecule has 0 bridgehead atoms. The van der Waals surface area contributed by atoms with Crippen molar-refractivity contribution in [3.05, 3.63) is 47.5 Å². The highest BCUT2D eigenvalue weighted by molar-refractivity contribution is 8.76. The molecular weight excluding hydrogens is 352 g/mol. The molecule has 2 aromatic carbocycles. The van der Waals surface area contributed by atoms with Crippen molar-refractivity contribution >= 4 is 33.5 Å². The summed E-state index contributed by atoms with van der Waals surface area (Å²) in [5.74, 6) is -1.18. The van der Waals surface area contributed by atoms with E-state index in [0.717, 1.165) is 21.6 Å². The molecule has 126 valence electrons.